The number of rotatable bonds is 5. The number of furan rings is 1. The van der Waals surface area contributed by atoms with Crippen molar-refractivity contribution in [3.63, 3.8) is 0 Å². The maximum absolute atomic E-state index is 13.0. The van der Waals surface area contributed by atoms with E-state index in [0.29, 0.717) is 28.4 Å². The second-order valence-corrected chi connectivity index (χ2v) is 6.69. The van der Waals surface area contributed by atoms with Gasteiger partial charge in [0.2, 0.25) is 5.91 Å². The summed E-state index contributed by atoms with van der Waals surface area (Å²) in [4.78, 5) is 41.4. The Morgan fingerprint density at radius 2 is 1.74 bits per heavy atom. The molecule has 1 aliphatic rings. The van der Waals surface area contributed by atoms with E-state index in [1.165, 1.54) is 19.3 Å². The molecule has 0 aliphatic carbocycles. The Morgan fingerprint density at radius 1 is 1.00 bits per heavy atom. The number of aliphatic imine (C=N–C) groups is 1. The van der Waals surface area contributed by atoms with E-state index >= 15 is 0 Å². The molecule has 1 aliphatic heterocycles. The van der Waals surface area contributed by atoms with E-state index in [9.17, 15) is 14.4 Å². The summed E-state index contributed by atoms with van der Waals surface area (Å²) < 4.78 is 5.28. The average molecular weight is 414 g/mol. The molecule has 1 aromatic heterocycles. The molecular formula is C23H18N4O4. The van der Waals surface area contributed by atoms with Crippen LogP contribution in [-0.4, -0.2) is 28.6 Å². The first-order chi connectivity index (χ1) is 15.0. The number of hydrogen-bond acceptors (Lipinski definition) is 5. The molecule has 0 fully saturated rings. The molecule has 8 heteroatoms. The molecule has 0 bridgehead atoms. The van der Waals surface area contributed by atoms with Gasteiger partial charge in [0, 0.05) is 29.8 Å². The zero-order valence-electron chi connectivity index (χ0n) is 16.5. The van der Waals surface area contributed by atoms with E-state index in [0.717, 1.165) is 5.01 Å². The molecule has 154 valence electrons. The van der Waals surface area contributed by atoms with Crippen molar-refractivity contribution in [1.82, 2.24) is 10.4 Å². The summed E-state index contributed by atoms with van der Waals surface area (Å²) in [5.41, 5.74) is 4.30. The highest BCUT2D eigenvalue weighted by atomic mass is 16.3. The number of benzene rings is 2. The molecule has 0 saturated heterocycles. The molecule has 3 amide bonds. The fraction of sp³-hybridized carbons (Fsp3) is 0.0435. The van der Waals surface area contributed by atoms with E-state index in [4.69, 9.17) is 4.42 Å². The summed E-state index contributed by atoms with van der Waals surface area (Å²) in [6, 6.07) is 18.8. The lowest BCUT2D eigenvalue weighted by atomic mass is 10.2. The van der Waals surface area contributed by atoms with Gasteiger partial charge in [-0.2, -0.15) is 5.01 Å². The Morgan fingerprint density at radius 3 is 2.39 bits per heavy atom. The van der Waals surface area contributed by atoms with Crippen LogP contribution in [0.15, 0.2) is 88.1 Å². The molecule has 0 radical (unpaired) electrons. The number of carbonyl (C=O) groups excluding carboxylic acids is 3. The molecule has 0 saturated carbocycles. The lowest BCUT2D eigenvalue weighted by molar-refractivity contribution is -0.124. The van der Waals surface area contributed by atoms with Crippen LogP contribution in [0.1, 0.15) is 28.6 Å². The first-order valence-electron chi connectivity index (χ1n) is 9.43. The lowest BCUT2D eigenvalue weighted by Crippen LogP contribution is -2.47. The van der Waals surface area contributed by atoms with E-state index in [2.05, 4.69) is 15.7 Å². The van der Waals surface area contributed by atoms with Crippen LogP contribution in [0.3, 0.4) is 0 Å². The Balaban J connectivity index is 1.61. The van der Waals surface area contributed by atoms with Gasteiger partial charge in [-0.15, -0.1) is 0 Å². The molecule has 0 atom stereocenters. The van der Waals surface area contributed by atoms with Gasteiger partial charge in [0.25, 0.3) is 11.8 Å². The van der Waals surface area contributed by atoms with Crippen molar-refractivity contribution in [2.24, 2.45) is 4.99 Å². The molecule has 0 unspecified atom stereocenters. The monoisotopic (exact) mass is 414 g/mol. The van der Waals surface area contributed by atoms with Crippen molar-refractivity contribution < 1.29 is 18.8 Å². The van der Waals surface area contributed by atoms with E-state index < -0.39 is 11.8 Å². The van der Waals surface area contributed by atoms with Crippen molar-refractivity contribution >= 4 is 35.3 Å². The fourth-order valence-electron chi connectivity index (χ4n) is 2.98. The van der Waals surface area contributed by atoms with Gasteiger partial charge in [-0.1, -0.05) is 30.3 Å². The molecule has 3 aromatic rings. The largest absolute Gasteiger partial charge is 0.465 e. The van der Waals surface area contributed by atoms with Crippen molar-refractivity contribution in [2.45, 2.75) is 6.92 Å². The van der Waals surface area contributed by atoms with Gasteiger partial charge < -0.3 is 9.73 Å². The fourth-order valence-corrected chi connectivity index (χ4v) is 2.98. The number of anilines is 1. The van der Waals surface area contributed by atoms with Gasteiger partial charge in [0.1, 0.15) is 11.5 Å². The molecule has 4 rings (SSSR count). The molecule has 2 aromatic carbocycles. The van der Waals surface area contributed by atoms with Crippen LogP contribution in [0.2, 0.25) is 0 Å². The number of hydrazine groups is 1. The molecule has 2 heterocycles. The third-order valence-electron chi connectivity index (χ3n) is 4.40. The van der Waals surface area contributed by atoms with Crippen LogP contribution < -0.4 is 10.7 Å². The number of amides is 3. The summed E-state index contributed by atoms with van der Waals surface area (Å²) in [6.07, 6.45) is 3.01. The summed E-state index contributed by atoms with van der Waals surface area (Å²) >= 11 is 0. The highest BCUT2D eigenvalue weighted by Gasteiger charge is 2.33. The van der Waals surface area contributed by atoms with Crippen molar-refractivity contribution in [2.75, 3.05) is 5.32 Å². The van der Waals surface area contributed by atoms with Crippen LogP contribution in [-0.2, 0) is 9.59 Å². The standard InChI is InChI=1S/C23H18N4O4/c1-15(28)24-18-11-9-17(10-12-18)22(29)26-27-21(16-6-3-2-4-7-16)25-20(23(27)30)14-19-8-5-13-31-19/h2-14H,1H3,(H,24,28)(H,26,29)/b20-14-. The van der Waals surface area contributed by atoms with E-state index in [1.807, 2.05) is 18.2 Å². The van der Waals surface area contributed by atoms with Gasteiger partial charge in [0.15, 0.2) is 5.84 Å². The summed E-state index contributed by atoms with van der Waals surface area (Å²) in [7, 11) is 0. The number of nitrogens with one attached hydrogen (secondary N) is 2. The minimum atomic E-state index is -0.495. The normalized spacial score (nSPS) is 14.5. The van der Waals surface area contributed by atoms with Crippen molar-refractivity contribution in [3.05, 3.63) is 95.6 Å². The zero-order valence-corrected chi connectivity index (χ0v) is 16.5. The molecular weight excluding hydrogens is 396 g/mol. The highest BCUT2D eigenvalue weighted by Crippen LogP contribution is 2.21. The SMILES string of the molecule is CC(=O)Nc1ccc(C(=O)NN2C(=O)/C(=C/c3ccco3)N=C2c2ccccc2)cc1. The molecule has 31 heavy (non-hydrogen) atoms. The van der Waals surface area contributed by atoms with Crippen molar-refractivity contribution in [1.29, 1.82) is 0 Å². The third kappa shape index (κ3) is 4.43. The van der Waals surface area contributed by atoms with Gasteiger partial charge >= 0.3 is 0 Å². The second-order valence-electron chi connectivity index (χ2n) is 6.69. The number of amidine groups is 1. The van der Waals surface area contributed by atoms with Crippen LogP contribution in [0.5, 0.6) is 0 Å². The Labute approximate surface area is 177 Å². The van der Waals surface area contributed by atoms with Gasteiger partial charge in [-0.3, -0.25) is 19.8 Å². The first-order valence-corrected chi connectivity index (χ1v) is 9.43. The summed E-state index contributed by atoms with van der Waals surface area (Å²) in [5, 5.41) is 3.75. The van der Waals surface area contributed by atoms with Crippen molar-refractivity contribution in [3.8, 4) is 0 Å². The van der Waals surface area contributed by atoms with E-state index in [-0.39, 0.29) is 11.6 Å². The topological polar surface area (TPSA) is 104 Å². The van der Waals surface area contributed by atoms with Crippen LogP contribution in [0.25, 0.3) is 6.08 Å². The number of hydrogen-bond donors (Lipinski definition) is 2. The molecule has 2 N–H and O–H groups in total. The predicted molar refractivity (Wildman–Crippen MR) is 115 cm³/mol. The lowest BCUT2D eigenvalue weighted by Gasteiger charge is -2.19. The average Bonchev–Trinajstić information content (AvgIpc) is 3.38. The first kappa shape index (κ1) is 19.8. The maximum atomic E-state index is 13.0. The number of nitrogens with zero attached hydrogens (tertiary/aromatic N) is 2. The predicted octanol–water partition coefficient (Wildman–Crippen LogP) is 3.21. The Kier molecular flexibility index (Phi) is 5.44. The summed E-state index contributed by atoms with van der Waals surface area (Å²) in [5.74, 6) is -0.420. The van der Waals surface area contributed by atoms with Gasteiger partial charge in [0.05, 0.1) is 6.26 Å². The smallest absolute Gasteiger partial charge is 0.297 e. The zero-order chi connectivity index (χ0) is 21.8. The minimum absolute atomic E-state index is 0.134. The third-order valence-corrected chi connectivity index (χ3v) is 4.40. The maximum Gasteiger partial charge on any atom is 0.297 e. The quantitative estimate of drug-likeness (QED) is 0.626. The molecule has 0 spiro atoms. The van der Waals surface area contributed by atoms with Gasteiger partial charge in [-0.05, 0) is 36.4 Å². The van der Waals surface area contributed by atoms with E-state index in [1.54, 1.807) is 48.5 Å². The van der Waals surface area contributed by atoms with Crippen LogP contribution in [0, 0.1) is 0 Å². The summed E-state index contributed by atoms with van der Waals surface area (Å²) in [6.45, 7) is 1.40. The minimum Gasteiger partial charge on any atom is -0.465 e. The van der Waals surface area contributed by atoms with Crippen LogP contribution >= 0.6 is 0 Å². The van der Waals surface area contributed by atoms with Gasteiger partial charge in [-0.25, -0.2) is 4.99 Å². The highest BCUT2D eigenvalue weighted by molar-refractivity contribution is 6.20. The van der Waals surface area contributed by atoms with Crippen LogP contribution in [0.4, 0.5) is 5.69 Å². The second kappa shape index (κ2) is 8.50. The Hall–Kier alpha value is -4.46. The molecule has 8 nitrogen and oxygen atoms in total. The number of carbonyl (C=O) groups is 3. The Bertz CT molecular complexity index is 1180.